The van der Waals surface area contributed by atoms with Crippen LogP contribution in [0.5, 0.6) is 0 Å². The molecule has 5 nitrogen and oxygen atoms in total. The molecule has 0 bridgehead atoms. The molecule has 110 valence electrons. The number of anilines is 2. The number of amides is 1. The van der Waals surface area contributed by atoms with Gasteiger partial charge in [0.05, 0.1) is 24.8 Å². The highest BCUT2D eigenvalue weighted by Gasteiger charge is 2.14. The monoisotopic (exact) mass is 282 g/mol. The molecule has 0 unspecified atom stereocenters. The Kier molecular flexibility index (Phi) is 5.31. The van der Waals surface area contributed by atoms with Crippen molar-refractivity contribution in [2.24, 2.45) is 0 Å². The summed E-state index contributed by atoms with van der Waals surface area (Å²) in [6.07, 6.45) is 2.04. The van der Waals surface area contributed by atoms with Crippen molar-refractivity contribution in [3.8, 4) is 0 Å². The maximum atomic E-state index is 13.4. The number of rotatable bonds is 5. The fourth-order valence-corrected chi connectivity index (χ4v) is 2.01. The lowest BCUT2D eigenvalue weighted by molar-refractivity contribution is -0.118. The molecule has 0 aliphatic carbocycles. The van der Waals surface area contributed by atoms with E-state index in [0.717, 1.165) is 12.8 Å². The Morgan fingerprint density at radius 1 is 1.45 bits per heavy atom. The van der Waals surface area contributed by atoms with Gasteiger partial charge in [0.1, 0.15) is 5.82 Å². The van der Waals surface area contributed by atoms with E-state index >= 15 is 0 Å². The van der Waals surface area contributed by atoms with E-state index in [2.05, 4.69) is 5.32 Å². The molecule has 1 saturated heterocycles. The lowest BCUT2D eigenvalue weighted by Crippen LogP contribution is -2.25. The number of ether oxygens (including phenoxy) is 2. The second-order valence-electron chi connectivity index (χ2n) is 4.72. The molecule has 1 heterocycles. The molecule has 3 N–H and O–H groups in total. The number of nitrogens with two attached hydrogens (primary N) is 1. The summed E-state index contributed by atoms with van der Waals surface area (Å²) in [5.41, 5.74) is 6.05. The Labute approximate surface area is 117 Å². The molecule has 0 radical (unpaired) electrons. The Hall–Kier alpha value is -1.66. The largest absolute Gasteiger partial charge is 0.399 e. The van der Waals surface area contributed by atoms with Gasteiger partial charge in [-0.1, -0.05) is 0 Å². The summed E-state index contributed by atoms with van der Waals surface area (Å²) in [4.78, 5) is 11.7. The normalized spacial score (nSPS) is 16.1. The van der Waals surface area contributed by atoms with Gasteiger partial charge < -0.3 is 20.5 Å². The van der Waals surface area contributed by atoms with Crippen LogP contribution in [0, 0.1) is 5.82 Å². The minimum absolute atomic E-state index is 0.0982. The van der Waals surface area contributed by atoms with Crippen molar-refractivity contribution in [3.05, 3.63) is 24.0 Å². The van der Waals surface area contributed by atoms with Crippen LogP contribution >= 0.6 is 0 Å². The van der Waals surface area contributed by atoms with Crippen LogP contribution in [0.3, 0.4) is 0 Å². The molecular formula is C14H19FN2O3. The van der Waals surface area contributed by atoms with Crippen LogP contribution in [0.15, 0.2) is 18.2 Å². The standard InChI is InChI=1S/C14H19FN2O3/c15-12-2-1-10(16)9-13(12)17-14(18)5-8-20-11-3-6-19-7-4-11/h1-2,9,11H,3-8,16H2,(H,17,18). The van der Waals surface area contributed by atoms with E-state index in [-0.39, 0.29) is 24.1 Å². The average Bonchev–Trinajstić information content (AvgIpc) is 2.44. The van der Waals surface area contributed by atoms with Gasteiger partial charge in [0.2, 0.25) is 5.91 Å². The zero-order valence-corrected chi connectivity index (χ0v) is 11.2. The summed E-state index contributed by atoms with van der Waals surface area (Å²) in [6.45, 7) is 1.72. The number of nitrogen functional groups attached to an aromatic ring is 1. The number of nitrogens with one attached hydrogen (secondary N) is 1. The van der Waals surface area contributed by atoms with Crippen LogP contribution in [0.1, 0.15) is 19.3 Å². The van der Waals surface area contributed by atoms with Crippen LogP contribution in [-0.4, -0.2) is 31.8 Å². The third-order valence-electron chi connectivity index (χ3n) is 3.12. The first kappa shape index (κ1) is 14.7. The van der Waals surface area contributed by atoms with E-state index < -0.39 is 5.82 Å². The third-order valence-corrected chi connectivity index (χ3v) is 3.12. The van der Waals surface area contributed by atoms with Crippen LogP contribution in [0.2, 0.25) is 0 Å². The number of benzene rings is 1. The quantitative estimate of drug-likeness (QED) is 0.809. The zero-order valence-electron chi connectivity index (χ0n) is 11.2. The Morgan fingerprint density at radius 3 is 2.95 bits per heavy atom. The van der Waals surface area contributed by atoms with Crippen LogP contribution in [0.25, 0.3) is 0 Å². The van der Waals surface area contributed by atoms with Crippen molar-refractivity contribution in [1.29, 1.82) is 0 Å². The first-order valence-electron chi connectivity index (χ1n) is 6.69. The van der Waals surface area contributed by atoms with Crippen molar-refractivity contribution in [2.75, 3.05) is 30.9 Å². The maximum absolute atomic E-state index is 13.4. The van der Waals surface area contributed by atoms with Crippen molar-refractivity contribution in [2.45, 2.75) is 25.4 Å². The zero-order chi connectivity index (χ0) is 14.4. The summed E-state index contributed by atoms with van der Waals surface area (Å²) in [5, 5.41) is 2.49. The number of hydrogen-bond acceptors (Lipinski definition) is 4. The van der Waals surface area contributed by atoms with Gasteiger partial charge in [-0.15, -0.1) is 0 Å². The first-order chi connectivity index (χ1) is 9.65. The van der Waals surface area contributed by atoms with Gasteiger partial charge in [-0.05, 0) is 31.0 Å². The number of carbonyl (C=O) groups is 1. The van der Waals surface area contributed by atoms with Gasteiger partial charge in [-0.2, -0.15) is 0 Å². The summed E-state index contributed by atoms with van der Waals surface area (Å²) in [5.74, 6) is -0.792. The molecule has 20 heavy (non-hydrogen) atoms. The predicted molar refractivity (Wildman–Crippen MR) is 73.9 cm³/mol. The molecule has 0 atom stereocenters. The molecule has 2 rings (SSSR count). The summed E-state index contributed by atoms with van der Waals surface area (Å²) < 4.78 is 24.2. The van der Waals surface area contributed by atoms with Crippen LogP contribution in [-0.2, 0) is 14.3 Å². The minimum Gasteiger partial charge on any atom is -0.399 e. The summed E-state index contributed by atoms with van der Waals surface area (Å²) in [6, 6.07) is 4.06. The van der Waals surface area contributed by atoms with E-state index in [4.69, 9.17) is 15.2 Å². The van der Waals surface area contributed by atoms with E-state index in [1.54, 1.807) is 0 Å². The Balaban J connectivity index is 1.73. The van der Waals surface area contributed by atoms with Gasteiger partial charge in [0.25, 0.3) is 0 Å². The fraction of sp³-hybridized carbons (Fsp3) is 0.500. The molecule has 1 aliphatic heterocycles. The predicted octanol–water partition coefficient (Wildman–Crippen LogP) is 1.93. The molecule has 0 aromatic heterocycles. The van der Waals surface area contributed by atoms with Gasteiger partial charge in [-0.25, -0.2) is 4.39 Å². The van der Waals surface area contributed by atoms with E-state index in [1.807, 2.05) is 0 Å². The second kappa shape index (κ2) is 7.21. The van der Waals surface area contributed by atoms with Gasteiger partial charge in [0, 0.05) is 18.9 Å². The van der Waals surface area contributed by atoms with Gasteiger partial charge in [0.15, 0.2) is 0 Å². The van der Waals surface area contributed by atoms with Gasteiger partial charge in [-0.3, -0.25) is 4.79 Å². The van der Waals surface area contributed by atoms with Gasteiger partial charge >= 0.3 is 0 Å². The molecule has 6 heteroatoms. The maximum Gasteiger partial charge on any atom is 0.226 e. The minimum atomic E-state index is -0.502. The molecule has 0 saturated carbocycles. The molecule has 1 aliphatic rings. The fourth-order valence-electron chi connectivity index (χ4n) is 2.01. The number of hydrogen-bond donors (Lipinski definition) is 2. The Bertz CT molecular complexity index is 462. The third kappa shape index (κ3) is 4.47. The molecular weight excluding hydrogens is 263 g/mol. The van der Waals surface area contributed by atoms with Crippen LogP contribution < -0.4 is 11.1 Å². The summed E-state index contributed by atoms with van der Waals surface area (Å²) in [7, 11) is 0. The van der Waals surface area contributed by atoms with Crippen LogP contribution in [0.4, 0.5) is 15.8 Å². The van der Waals surface area contributed by atoms with Crippen molar-refractivity contribution in [1.82, 2.24) is 0 Å². The highest BCUT2D eigenvalue weighted by Crippen LogP contribution is 2.17. The second-order valence-corrected chi connectivity index (χ2v) is 4.72. The first-order valence-corrected chi connectivity index (χ1v) is 6.69. The molecule has 1 amide bonds. The number of carbonyl (C=O) groups excluding carboxylic acids is 1. The molecule has 1 aromatic carbocycles. The molecule has 0 spiro atoms. The lowest BCUT2D eigenvalue weighted by atomic mass is 10.1. The highest BCUT2D eigenvalue weighted by atomic mass is 19.1. The molecule has 1 aromatic rings. The SMILES string of the molecule is Nc1ccc(F)c(NC(=O)CCOC2CCOCC2)c1. The lowest BCUT2D eigenvalue weighted by Gasteiger charge is -2.22. The highest BCUT2D eigenvalue weighted by molar-refractivity contribution is 5.91. The van der Waals surface area contributed by atoms with E-state index in [9.17, 15) is 9.18 Å². The summed E-state index contributed by atoms with van der Waals surface area (Å²) >= 11 is 0. The van der Waals surface area contributed by atoms with Crippen molar-refractivity contribution in [3.63, 3.8) is 0 Å². The van der Waals surface area contributed by atoms with Crippen molar-refractivity contribution >= 4 is 17.3 Å². The smallest absolute Gasteiger partial charge is 0.226 e. The number of halogens is 1. The Morgan fingerprint density at radius 2 is 2.20 bits per heavy atom. The van der Waals surface area contributed by atoms with E-state index in [0.29, 0.717) is 25.5 Å². The average molecular weight is 282 g/mol. The van der Waals surface area contributed by atoms with E-state index in [1.165, 1.54) is 18.2 Å². The van der Waals surface area contributed by atoms with Crippen molar-refractivity contribution < 1.29 is 18.7 Å². The molecule has 1 fully saturated rings. The topological polar surface area (TPSA) is 73.6 Å².